The van der Waals surface area contributed by atoms with Gasteiger partial charge in [0.25, 0.3) is 0 Å². The van der Waals surface area contributed by atoms with E-state index in [-0.39, 0.29) is 47.1 Å². The number of carbonyl (C=O) groups is 3. The second kappa shape index (κ2) is 11.8. The molecule has 2 amide bonds. The normalized spacial score (nSPS) is 24.2. The van der Waals surface area contributed by atoms with Crippen LogP contribution in [0.5, 0.6) is 0 Å². The number of Topliss-reactive ketones (excluding diaryl/α,β-unsaturated/α-hetero) is 1. The molecule has 32 heavy (non-hydrogen) atoms. The number of amides is 2. The molecule has 2 aliphatic rings. The molecule has 2 atom stereocenters. The van der Waals surface area contributed by atoms with Crippen LogP contribution in [-0.4, -0.2) is 39.6 Å². The number of imide groups is 1. The molecule has 2 fully saturated rings. The molecule has 2 aliphatic heterocycles. The molecule has 5 nitrogen and oxygen atoms in total. The summed E-state index contributed by atoms with van der Waals surface area (Å²) in [6.45, 7) is 12.5. The number of piperidine rings is 1. The summed E-state index contributed by atoms with van der Waals surface area (Å²) in [6.07, 6.45) is 14.1. The van der Waals surface area contributed by atoms with Crippen molar-refractivity contribution in [2.24, 2.45) is 11.8 Å². The lowest BCUT2D eigenvalue weighted by Gasteiger charge is -2.50. The molecule has 184 valence electrons. The smallest absolute Gasteiger partial charge is 0.240 e. The van der Waals surface area contributed by atoms with Crippen molar-refractivity contribution in [2.45, 2.75) is 142 Å². The third kappa shape index (κ3) is 7.67. The standard InChI is InChI=1S/C27H48N2O3/c1-7-8-9-10-11-12-13-14-15-16-23(21-18-26(3,4)28-27(5,6)19-21)29-24(31)17-22(20(2)30)25(29)32/h21-23,28H,7-19H2,1-6H3. The second-order valence-electron chi connectivity index (χ2n) is 11.7. The van der Waals surface area contributed by atoms with Crippen molar-refractivity contribution in [3.8, 4) is 0 Å². The van der Waals surface area contributed by atoms with Gasteiger partial charge in [-0.25, -0.2) is 0 Å². The molecule has 0 aromatic rings. The number of hydrogen-bond donors (Lipinski definition) is 1. The molecule has 5 heteroatoms. The zero-order valence-electron chi connectivity index (χ0n) is 21.6. The minimum absolute atomic E-state index is 0.0467. The number of likely N-dealkylation sites (tertiary alicyclic amines) is 1. The van der Waals surface area contributed by atoms with Crippen LogP contribution in [0.25, 0.3) is 0 Å². The molecule has 0 spiro atoms. The van der Waals surface area contributed by atoms with E-state index in [1.807, 2.05) is 0 Å². The first kappa shape index (κ1) is 27.0. The highest BCUT2D eigenvalue weighted by Gasteiger charge is 2.49. The predicted molar refractivity (Wildman–Crippen MR) is 130 cm³/mol. The molecule has 2 rings (SSSR count). The molecule has 2 saturated heterocycles. The molecular weight excluding hydrogens is 400 g/mol. The third-order valence-electron chi connectivity index (χ3n) is 7.37. The second-order valence-corrected chi connectivity index (χ2v) is 11.7. The summed E-state index contributed by atoms with van der Waals surface area (Å²) in [5.74, 6) is -1.09. The van der Waals surface area contributed by atoms with E-state index in [0.717, 1.165) is 32.1 Å². The lowest BCUT2D eigenvalue weighted by molar-refractivity contribution is -0.145. The number of rotatable bonds is 13. The minimum atomic E-state index is -0.768. The Hall–Kier alpha value is -1.23. The van der Waals surface area contributed by atoms with E-state index in [1.165, 1.54) is 56.8 Å². The number of unbranched alkanes of at least 4 members (excludes halogenated alkanes) is 8. The Balaban J connectivity index is 2.03. The topological polar surface area (TPSA) is 66.5 Å². The van der Waals surface area contributed by atoms with Crippen molar-refractivity contribution < 1.29 is 14.4 Å². The first-order valence-corrected chi connectivity index (χ1v) is 13.1. The quantitative estimate of drug-likeness (QED) is 0.220. The van der Waals surface area contributed by atoms with E-state index in [2.05, 4.69) is 39.9 Å². The van der Waals surface area contributed by atoms with Gasteiger partial charge in [0, 0.05) is 23.5 Å². The highest BCUT2D eigenvalue weighted by Crippen LogP contribution is 2.39. The molecule has 0 saturated carbocycles. The van der Waals surface area contributed by atoms with Crippen molar-refractivity contribution in [3.63, 3.8) is 0 Å². The van der Waals surface area contributed by atoms with Crippen molar-refractivity contribution >= 4 is 17.6 Å². The van der Waals surface area contributed by atoms with Crippen LogP contribution in [0.1, 0.15) is 125 Å². The maximum absolute atomic E-state index is 13.1. The van der Waals surface area contributed by atoms with Gasteiger partial charge in [-0.2, -0.15) is 0 Å². The van der Waals surface area contributed by atoms with Gasteiger partial charge in [-0.3, -0.25) is 19.3 Å². The minimum Gasteiger partial charge on any atom is -0.307 e. The first-order valence-electron chi connectivity index (χ1n) is 13.1. The van der Waals surface area contributed by atoms with Crippen LogP contribution in [0.3, 0.4) is 0 Å². The first-order chi connectivity index (χ1) is 15.0. The van der Waals surface area contributed by atoms with E-state index in [0.29, 0.717) is 0 Å². The van der Waals surface area contributed by atoms with Gasteiger partial charge >= 0.3 is 0 Å². The van der Waals surface area contributed by atoms with Gasteiger partial charge in [-0.1, -0.05) is 64.7 Å². The van der Waals surface area contributed by atoms with E-state index < -0.39 is 5.92 Å². The van der Waals surface area contributed by atoms with Gasteiger partial charge in [0.1, 0.15) is 11.7 Å². The van der Waals surface area contributed by atoms with Gasteiger partial charge in [-0.15, -0.1) is 0 Å². The van der Waals surface area contributed by atoms with Gasteiger partial charge in [0.05, 0.1) is 0 Å². The number of nitrogens with one attached hydrogen (secondary N) is 1. The van der Waals surface area contributed by atoms with Gasteiger partial charge in [-0.05, 0) is 59.8 Å². The Kier molecular flexibility index (Phi) is 9.93. The van der Waals surface area contributed by atoms with Crippen LogP contribution in [0, 0.1) is 11.8 Å². The number of hydrogen-bond acceptors (Lipinski definition) is 4. The average molecular weight is 449 g/mol. The Labute approximate surface area is 196 Å². The zero-order valence-corrected chi connectivity index (χ0v) is 21.6. The Morgan fingerprint density at radius 1 is 0.938 bits per heavy atom. The van der Waals surface area contributed by atoms with Crippen molar-refractivity contribution in [2.75, 3.05) is 0 Å². The highest BCUT2D eigenvalue weighted by molar-refractivity contribution is 6.13. The number of carbonyl (C=O) groups excluding carboxylic acids is 3. The molecular formula is C27H48N2O3. The molecule has 2 unspecified atom stereocenters. The van der Waals surface area contributed by atoms with E-state index >= 15 is 0 Å². The summed E-state index contributed by atoms with van der Waals surface area (Å²) in [7, 11) is 0. The van der Waals surface area contributed by atoms with E-state index in [1.54, 1.807) is 0 Å². The molecule has 0 bridgehead atoms. The fourth-order valence-electron chi connectivity index (χ4n) is 6.23. The van der Waals surface area contributed by atoms with Crippen molar-refractivity contribution in [1.82, 2.24) is 10.2 Å². The molecule has 2 heterocycles. The average Bonchev–Trinajstić information content (AvgIpc) is 2.95. The summed E-state index contributed by atoms with van der Waals surface area (Å²) >= 11 is 0. The lowest BCUT2D eigenvalue weighted by Crippen LogP contribution is -2.61. The summed E-state index contributed by atoms with van der Waals surface area (Å²) in [4.78, 5) is 39.5. The van der Waals surface area contributed by atoms with Gasteiger partial charge in [0.15, 0.2) is 0 Å². The SMILES string of the molecule is CCCCCCCCCCCC(C1CC(C)(C)NC(C)(C)C1)N1C(=O)CC(C(C)=O)C1=O. The third-order valence-corrected chi connectivity index (χ3v) is 7.37. The Bertz CT molecular complexity index is 639. The molecule has 0 aromatic carbocycles. The van der Waals surface area contributed by atoms with Crippen molar-refractivity contribution in [3.05, 3.63) is 0 Å². The molecule has 0 aromatic heterocycles. The van der Waals surface area contributed by atoms with Crippen LogP contribution in [0.2, 0.25) is 0 Å². The molecule has 0 aliphatic carbocycles. The summed E-state index contributed by atoms with van der Waals surface area (Å²) in [5.41, 5.74) is -0.0933. The summed E-state index contributed by atoms with van der Waals surface area (Å²) in [5, 5.41) is 3.72. The van der Waals surface area contributed by atoms with E-state index in [9.17, 15) is 14.4 Å². The van der Waals surface area contributed by atoms with Crippen LogP contribution >= 0.6 is 0 Å². The van der Waals surface area contributed by atoms with Crippen LogP contribution in [-0.2, 0) is 14.4 Å². The van der Waals surface area contributed by atoms with Gasteiger partial charge in [0.2, 0.25) is 11.8 Å². The maximum Gasteiger partial charge on any atom is 0.240 e. The number of nitrogens with zero attached hydrogens (tertiary/aromatic N) is 1. The number of ketones is 1. The Morgan fingerprint density at radius 3 is 1.91 bits per heavy atom. The van der Waals surface area contributed by atoms with Crippen molar-refractivity contribution in [1.29, 1.82) is 0 Å². The zero-order chi connectivity index (χ0) is 23.9. The Morgan fingerprint density at radius 2 is 1.44 bits per heavy atom. The fourth-order valence-corrected chi connectivity index (χ4v) is 6.23. The van der Waals surface area contributed by atoms with Crippen LogP contribution < -0.4 is 5.32 Å². The summed E-state index contributed by atoms with van der Waals surface area (Å²) < 4.78 is 0. The molecule has 1 N–H and O–H groups in total. The molecule has 0 radical (unpaired) electrons. The van der Waals surface area contributed by atoms with E-state index in [4.69, 9.17) is 0 Å². The monoisotopic (exact) mass is 448 g/mol. The van der Waals surface area contributed by atoms with Gasteiger partial charge < -0.3 is 5.32 Å². The summed E-state index contributed by atoms with van der Waals surface area (Å²) in [6, 6.07) is -0.0930. The maximum atomic E-state index is 13.1. The fraction of sp³-hybridized carbons (Fsp3) is 0.889. The highest BCUT2D eigenvalue weighted by atomic mass is 16.2. The lowest BCUT2D eigenvalue weighted by atomic mass is 9.71. The van der Waals surface area contributed by atoms with Crippen LogP contribution in [0.15, 0.2) is 0 Å². The van der Waals surface area contributed by atoms with Crippen LogP contribution in [0.4, 0.5) is 0 Å². The predicted octanol–water partition coefficient (Wildman–Crippen LogP) is 5.80. The largest absolute Gasteiger partial charge is 0.307 e.